The van der Waals surface area contributed by atoms with E-state index in [2.05, 4.69) is 19.8 Å². The first kappa shape index (κ1) is 24.2. The molecule has 5 rings (SSSR count). The van der Waals surface area contributed by atoms with E-state index >= 15 is 0 Å². The van der Waals surface area contributed by atoms with Gasteiger partial charge in [0.1, 0.15) is 12.1 Å². The molecule has 0 fully saturated rings. The maximum Gasteiger partial charge on any atom is 0.261 e. The van der Waals surface area contributed by atoms with Crippen molar-refractivity contribution in [2.24, 2.45) is 0 Å². The summed E-state index contributed by atoms with van der Waals surface area (Å²) in [6.07, 6.45) is 1.42. The van der Waals surface area contributed by atoms with Crippen molar-refractivity contribution in [3.05, 3.63) is 108 Å². The molecule has 0 spiro atoms. The van der Waals surface area contributed by atoms with E-state index in [1.807, 2.05) is 51.1 Å². The van der Waals surface area contributed by atoms with Crippen molar-refractivity contribution in [3.8, 4) is 28.6 Å². The number of hydrogen-bond donors (Lipinski definition) is 1. The molecule has 37 heavy (non-hydrogen) atoms. The average molecular weight is 512 g/mol. The number of nitrogens with zero attached hydrogens (tertiary/aromatic N) is 4. The second-order valence-electron chi connectivity index (χ2n) is 8.54. The van der Waals surface area contributed by atoms with Gasteiger partial charge in [-0.25, -0.2) is 23.1 Å². The van der Waals surface area contributed by atoms with E-state index < -0.39 is 10.0 Å². The molecule has 0 aliphatic heterocycles. The summed E-state index contributed by atoms with van der Waals surface area (Å²) in [5.74, 6) is 1.45. The van der Waals surface area contributed by atoms with Crippen LogP contribution >= 0.6 is 0 Å². The quantitative estimate of drug-likeness (QED) is 0.294. The Morgan fingerprint density at radius 3 is 2.14 bits per heavy atom. The van der Waals surface area contributed by atoms with Crippen LogP contribution in [0, 0.1) is 20.8 Å². The third kappa shape index (κ3) is 5.22. The molecule has 0 aliphatic carbocycles. The molecule has 3 aromatic carbocycles. The highest BCUT2D eigenvalue weighted by Crippen LogP contribution is 2.26. The van der Waals surface area contributed by atoms with Crippen LogP contribution in [0.3, 0.4) is 0 Å². The first-order chi connectivity index (χ1) is 17.8. The lowest BCUT2D eigenvalue weighted by Crippen LogP contribution is -2.12. The largest absolute Gasteiger partial charge is 0.439 e. The van der Waals surface area contributed by atoms with Gasteiger partial charge in [-0.2, -0.15) is 5.10 Å². The summed E-state index contributed by atoms with van der Waals surface area (Å²) in [5, 5.41) is 4.52. The lowest BCUT2D eigenvalue weighted by molar-refractivity contribution is 0.460. The zero-order valence-electron chi connectivity index (χ0n) is 20.6. The predicted molar refractivity (Wildman–Crippen MR) is 143 cm³/mol. The van der Waals surface area contributed by atoms with Crippen molar-refractivity contribution in [1.29, 1.82) is 0 Å². The van der Waals surface area contributed by atoms with Crippen molar-refractivity contribution >= 4 is 15.7 Å². The summed E-state index contributed by atoms with van der Waals surface area (Å²) in [7, 11) is -3.75. The Morgan fingerprint density at radius 2 is 1.49 bits per heavy atom. The molecule has 9 heteroatoms. The minimum Gasteiger partial charge on any atom is -0.439 e. The Labute approximate surface area is 215 Å². The van der Waals surface area contributed by atoms with Crippen molar-refractivity contribution in [2.75, 3.05) is 4.72 Å². The van der Waals surface area contributed by atoms with E-state index in [0.717, 1.165) is 28.1 Å². The van der Waals surface area contributed by atoms with Gasteiger partial charge in [0.15, 0.2) is 5.82 Å². The summed E-state index contributed by atoms with van der Waals surface area (Å²) in [4.78, 5) is 8.67. The molecular formula is C28H25N5O3S. The fraction of sp³-hybridized carbons (Fsp3) is 0.107. The molecule has 186 valence electrons. The number of hydrogen-bond acceptors (Lipinski definition) is 6. The standard InChI is InChI=1S/C28H25N5O3S/c1-19-20(2)31-33(21(19)3)27-17-28(30-18-29-27)36-25-13-11-24(12-14-25)32-37(34,35)26-15-9-23(10-16-26)22-7-5-4-6-8-22/h4-18,32H,1-3H3. The van der Waals surface area contributed by atoms with E-state index in [1.165, 1.54) is 6.33 Å². The van der Waals surface area contributed by atoms with Gasteiger partial charge >= 0.3 is 0 Å². The molecular weight excluding hydrogens is 486 g/mol. The van der Waals surface area contributed by atoms with Gasteiger partial charge in [0, 0.05) is 17.4 Å². The maximum absolute atomic E-state index is 12.9. The number of sulfonamides is 1. The van der Waals surface area contributed by atoms with Crippen molar-refractivity contribution in [3.63, 3.8) is 0 Å². The zero-order chi connectivity index (χ0) is 26.0. The molecule has 0 saturated heterocycles. The summed E-state index contributed by atoms with van der Waals surface area (Å²) in [5.41, 5.74) is 5.42. The van der Waals surface area contributed by atoms with E-state index in [-0.39, 0.29) is 4.90 Å². The predicted octanol–water partition coefficient (Wildman–Crippen LogP) is 5.85. The van der Waals surface area contributed by atoms with Gasteiger partial charge in [0.25, 0.3) is 10.0 Å². The van der Waals surface area contributed by atoms with Crippen LogP contribution in [0.25, 0.3) is 16.9 Å². The second-order valence-corrected chi connectivity index (χ2v) is 10.2. The monoisotopic (exact) mass is 511 g/mol. The lowest BCUT2D eigenvalue weighted by atomic mass is 10.1. The molecule has 0 saturated carbocycles. The van der Waals surface area contributed by atoms with E-state index in [0.29, 0.717) is 23.1 Å². The first-order valence-electron chi connectivity index (χ1n) is 11.6. The topological polar surface area (TPSA) is 99.0 Å². The number of ether oxygens (including phenoxy) is 1. The fourth-order valence-corrected chi connectivity index (χ4v) is 4.89. The van der Waals surface area contributed by atoms with Crippen LogP contribution < -0.4 is 9.46 Å². The molecule has 0 aliphatic rings. The summed E-state index contributed by atoms with van der Waals surface area (Å²) < 4.78 is 36.0. The molecule has 8 nitrogen and oxygen atoms in total. The molecule has 2 heterocycles. The summed E-state index contributed by atoms with van der Waals surface area (Å²) in [6, 6.07) is 24.9. The van der Waals surface area contributed by atoms with Crippen LogP contribution in [-0.4, -0.2) is 28.2 Å². The molecule has 0 amide bonds. The molecule has 0 atom stereocenters. The molecule has 1 N–H and O–H groups in total. The number of aryl methyl sites for hydroxylation is 1. The van der Waals surface area contributed by atoms with Gasteiger partial charge in [0.2, 0.25) is 5.88 Å². The third-order valence-corrected chi connectivity index (χ3v) is 7.50. The van der Waals surface area contributed by atoms with E-state index in [1.54, 1.807) is 59.3 Å². The van der Waals surface area contributed by atoms with Gasteiger partial charge in [-0.3, -0.25) is 4.72 Å². The Hall–Kier alpha value is -4.50. The Kier molecular flexibility index (Phi) is 6.45. The smallest absolute Gasteiger partial charge is 0.261 e. The molecule has 5 aromatic rings. The van der Waals surface area contributed by atoms with Gasteiger partial charge < -0.3 is 4.74 Å². The van der Waals surface area contributed by atoms with E-state index in [4.69, 9.17) is 4.74 Å². The van der Waals surface area contributed by atoms with Crippen molar-refractivity contribution < 1.29 is 13.2 Å². The molecule has 2 aromatic heterocycles. The number of rotatable bonds is 7. The summed E-state index contributed by atoms with van der Waals surface area (Å²) >= 11 is 0. The van der Waals surface area contributed by atoms with Crippen molar-refractivity contribution in [1.82, 2.24) is 19.7 Å². The highest BCUT2D eigenvalue weighted by molar-refractivity contribution is 7.92. The van der Waals surface area contributed by atoms with Crippen LogP contribution in [-0.2, 0) is 10.0 Å². The Morgan fingerprint density at radius 1 is 0.811 bits per heavy atom. The van der Waals surface area contributed by atoms with Crippen LogP contribution in [0.4, 0.5) is 5.69 Å². The average Bonchev–Trinajstić information content (AvgIpc) is 3.17. The lowest BCUT2D eigenvalue weighted by Gasteiger charge is -2.10. The normalized spacial score (nSPS) is 11.3. The summed E-state index contributed by atoms with van der Waals surface area (Å²) in [6.45, 7) is 5.95. The van der Waals surface area contributed by atoms with Crippen LogP contribution in [0.1, 0.15) is 17.0 Å². The highest BCUT2D eigenvalue weighted by atomic mass is 32.2. The van der Waals surface area contributed by atoms with Gasteiger partial charge in [0.05, 0.1) is 10.6 Å². The number of benzene rings is 3. The third-order valence-electron chi connectivity index (χ3n) is 6.10. The van der Waals surface area contributed by atoms with Gasteiger partial charge in [-0.15, -0.1) is 0 Å². The van der Waals surface area contributed by atoms with Crippen molar-refractivity contribution in [2.45, 2.75) is 25.7 Å². The first-order valence-corrected chi connectivity index (χ1v) is 13.1. The maximum atomic E-state index is 12.9. The van der Waals surface area contributed by atoms with Gasteiger partial charge in [-0.05, 0) is 73.9 Å². The van der Waals surface area contributed by atoms with E-state index in [9.17, 15) is 8.42 Å². The number of aromatic nitrogens is 4. The Bertz CT molecular complexity index is 1650. The Balaban J connectivity index is 1.28. The molecule has 0 radical (unpaired) electrons. The molecule has 0 unspecified atom stereocenters. The minimum absolute atomic E-state index is 0.181. The zero-order valence-corrected chi connectivity index (χ0v) is 21.4. The van der Waals surface area contributed by atoms with Crippen LogP contribution in [0.5, 0.6) is 11.6 Å². The van der Waals surface area contributed by atoms with Crippen LogP contribution in [0.2, 0.25) is 0 Å². The fourth-order valence-electron chi connectivity index (χ4n) is 3.83. The SMILES string of the molecule is Cc1nn(-c2cc(Oc3ccc(NS(=O)(=O)c4ccc(-c5ccccc5)cc4)cc3)ncn2)c(C)c1C. The second kappa shape index (κ2) is 9.87. The van der Waals surface area contributed by atoms with Crippen LogP contribution in [0.15, 0.2) is 96.2 Å². The minimum atomic E-state index is -3.75. The highest BCUT2D eigenvalue weighted by Gasteiger charge is 2.15. The number of nitrogens with one attached hydrogen (secondary N) is 1. The molecule has 0 bridgehead atoms. The number of anilines is 1. The van der Waals surface area contributed by atoms with Gasteiger partial charge in [-0.1, -0.05) is 42.5 Å².